The van der Waals surface area contributed by atoms with Crippen molar-refractivity contribution in [1.29, 1.82) is 5.41 Å². The SMILES string of the molecule is CN(CCN)Cc1ccc(NC(=O)CCc2ccc(-c3cnc(N)c(C=N)c3)cc2)cc1C(F)(F)F. The van der Waals surface area contributed by atoms with E-state index in [1.165, 1.54) is 12.1 Å². The fraction of sp³-hybridized carbons (Fsp3) is 0.269. The van der Waals surface area contributed by atoms with Crippen LogP contribution < -0.4 is 16.8 Å². The highest BCUT2D eigenvalue weighted by atomic mass is 19.4. The van der Waals surface area contributed by atoms with Crippen LogP contribution in [-0.2, 0) is 23.9 Å². The number of hydrogen-bond acceptors (Lipinski definition) is 6. The maximum atomic E-state index is 13.6. The number of nitrogens with two attached hydrogens (primary N) is 2. The smallest absolute Gasteiger partial charge is 0.383 e. The number of nitrogens with one attached hydrogen (secondary N) is 2. The summed E-state index contributed by atoms with van der Waals surface area (Å²) in [6, 6.07) is 13.1. The lowest BCUT2D eigenvalue weighted by atomic mass is 10.0. The highest BCUT2D eigenvalue weighted by Crippen LogP contribution is 2.34. The van der Waals surface area contributed by atoms with Crippen LogP contribution in [0.5, 0.6) is 0 Å². The van der Waals surface area contributed by atoms with Crippen LogP contribution >= 0.6 is 0 Å². The first-order valence-electron chi connectivity index (χ1n) is 11.3. The molecule has 0 bridgehead atoms. The van der Waals surface area contributed by atoms with Crippen molar-refractivity contribution in [3.63, 3.8) is 0 Å². The molecule has 3 rings (SSSR count). The molecule has 7 nitrogen and oxygen atoms in total. The van der Waals surface area contributed by atoms with Crippen LogP contribution in [0.1, 0.15) is 28.7 Å². The lowest BCUT2D eigenvalue weighted by molar-refractivity contribution is -0.138. The van der Waals surface area contributed by atoms with Gasteiger partial charge in [-0.25, -0.2) is 4.98 Å². The zero-order chi connectivity index (χ0) is 26.3. The summed E-state index contributed by atoms with van der Waals surface area (Å²) in [7, 11) is 1.70. The first-order valence-corrected chi connectivity index (χ1v) is 11.3. The summed E-state index contributed by atoms with van der Waals surface area (Å²) < 4.78 is 40.8. The largest absolute Gasteiger partial charge is 0.416 e. The Morgan fingerprint density at radius 3 is 2.50 bits per heavy atom. The van der Waals surface area contributed by atoms with E-state index >= 15 is 0 Å². The number of pyridine rings is 1. The van der Waals surface area contributed by atoms with Crippen molar-refractivity contribution in [2.45, 2.75) is 25.6 Å². The summed E-state index contributed by atoms with van der Waals surface area (Å²) in [4.78, 5) is 18.2. The fourth-order valence-electron chi connectivity index (χ4n) is 3.76. The minimum Gasteiger partial charge on any atom is -0.383 e. The van der Waals surface area contributed by atoms with Gasteiger partial charge in [0.2, 0.25) is 5.91 Å². The number of rotatable bonds is 10. The monoisotopic (exact) mass is 498 g/mol. The number of anilines is 2. The molecule has 1 amide bonds. The van der Waals surface area contributed by atoms with Gasteiger partial charge in [0.25, 0.3) is 0 Å². The van der Waals surface area contributed by atoms with E-state index in [2.05, 4.69) is 10.3 Å². The molecule has 2 aromatic carbocycles. The summed E-state index contributed by atoms with van der Waals surface area (Å²) in [5.74, 6) is -0.0918. The van der Waals surface area contributed by atoms with Crippen molar-refractivity contribution in [3.8, 4) is 11.1 Å². The molecule has 0 aliphatic heterocycles. The topological polar surface area (TPSA) is 121 Å². The highest BCUT2D eigenvalue weighted by Gasteiger charge is 2.33. The molecule has 190 valence electrons. The molecule has 3 aromatic rings. The average molecular weight is 499 g/mol. The van der Waals surface area contributed by atoms with Gasteiger partial charge in [0.05, 0.1) is 5.56 Å². The number of hydrogen-bond donors (Lipinski definition) is 4. The van der Waals surface area contributed by atoms with Crippen molar-refractivity contribution >= 4 is 23.6 Å². The Labute approximate surface area is 207 Å². The van der Waals surface area contributed by atoms with E-state index in [-0.39, 0.29) is 35.9 Å². The van der Waals surface area contributed by atoms with Gasteiger partial charge in [-0.2, -0.15) is 13.2 Å². The van der Waals surface area contributed by atoms with E-state index in [0.29, 0.717) is 25.1 Å². The number of amides is 1. The van der Waals surface area contributed by atoms with E-state index in [1.807, 2.05) is 24.3 Å². The van der Waals surface area contributed by atoms with Crippen molar-refractivity contribution < 1.29 is 18.0 Å². The number of nitrogens with zero attached hydrogens (tertiary/aromatic N) is 2. The van der Waals surface area contributed by atoms with E-state index in [0.717, 1.165) is 29.0 Å². The van der Waals surface area contributed by atoms with Crippen LogP contribution in [0.15, 0.2) is 54.7 Å². The van der Waals surface area contributed by atoms with Gasteiger partial charge < -0.3 is 27.1 Å². The van der Waals surface area contributed by atoms with Gasteiger partial charge in [-0.3, -0.25) is 4.79 Å². The Balaban J connectivity index is 1.63. The number of halogens is 3. The quantitative estimate of drug-likeness (QED) is 0.311. The van der Waals surface area contributed by atoms with Crippen LogP contribution in [0.2, 0.25) is 0 Å². The van der Waals surface area contributed by atoms with Gasteiger partial charge in [0.15, 0.2) is 0 Å². The number of benzene rings is 2. The van der Waals surface area contributed by atoms with Gasteiger partial charge in [-0.15, -0.1) is 0 Å². The van der Waals surface area contributed by atoms with E-state index in [4.69, 9.17) is 16.9 Å². The number of likely N-dealkylation sites (N-methyl/N-ethyl adjacent to an activating group) is 1. The van der Waals surface area contributed by atoms with E-state index in [9.17, 15) is 18.0 Å². The molecule has 0 unspecified atom stereocenters. The summed E-state index contributed by atoms with van der Waals surface area (Å²) in [6.45, 7) is 0.919. The molecule has 1 aromatic heterocycles. The van der Waals surface area contributed by atoms with Crippen LogP contribution in [0, 0.1) is 5.41 Å². The third-order valence-electron chi connectivity index (χ3n) is 5.68. The minimum atomic E-state index is -4.54. The second kappa shape index (κ2) is 11.8. The zero-order valence-electron chi connectivity index (χ0n) is 19.9. The lowest BCUT2D eigenvalue weighted by Crippen LogP contribution is -2.26. The van der Waals surface area contributed by atoms with Crippen molar-refractivity contribution in [2.24, 2.45) is 5.73 Å². The van der Waals surface area contributed by atoms with Gasteiger partial charge >= 0.3 is 6.18 Å². The Morgan fingerprint density at radius 1 is 1.14 bits per heavy atom. The molecule has 6 N–H and O–H groups in total. The first kappa shape index (κ1) is 26.8. The number of carbonyl (C=O) groups excluding carboxylic acids is 1. The summed E-state index contributed by atoms with van der Waals surface area (Å²) in [5, 5.41) is 9.98. The number of aryl methyl sites for hydroxylation is 1. The Kier molecular flexibility index (Phi) is 8.78. The van der Waals surface area contributed by atoms with E-state index in [1.54, 1.807) is 24.2 Å². The lowest BCUT2D eigenvalue weighted by Gasteiger charge is -2.20. The molecule has 0 radical (unpaired) electrons. The van der Waals surface area contributed by atoms with Gasteiger partial charge in [0.1, 0.15) is 5.82 Å². The number of alkyl halides is 3. The minimum absolute atomic E-state index is 0.103. The van der Waals surface area contributed by atoms with Gasteiger partial charge in [-0.05, 0) is 48.4 Å². The zero-order valence-corrected chi connectivity index (χ0v) is 19.9. The fourth-order valence-corrected chi connectivity index (χ4v) is 3.76. The third kappa shape index (κ3) is 7.12. The predicted octanol–water partition coefficient (Wildman–Crippen LogP) is 4.31. The molecular weight excluding hydrogens is 469 g/mol. The van der Waals surface area contributed by atoms with Crippen LogP contribution in [0.4, 0.5) is 24.7 Å². The maximum absolute atomic E-state index is 13.6. The second-order valence-corrected chi connectivity index (χ2v) is 8.48. The molecule has 1 heterocycles. The third-order valence-corrected chi connectivity index (χ3v) is 5.68. The molecule has 0 saturated carbocycles. The molecule has 0 aliphatic carbocycles. The number of aromatic nitrogens is 1. The second-order valence-electron chi connectivity index (χ2n) is 8.48. The molecule has 0 fully saturated rings. The molecule has 0 saturated heterocycles. The summed E-state index contributed by atoms with van der Waals surface area (Å²) in [5.41, 5.74) is 13.8. The molecule has 0 aliphatic rings. The molecule has 36 heavy (non-hydrogen) atoms. The first-order chi connectivity index (χ1) is 17.1. The molecule has 0 atom stereocenters. The Bertz CT molecular complexity index is 1210. The van der Waals surface area contributed by atoms with Crippen molar-refractivity contribution in [3.05, 3.63) is 77.0 Å². The maximum Gasteiger partial charge on any atom is 0.416 e. The van der Waals surface area contributed by atoms with Crippen LogP contribution in [0.3, 0.4) is 0 Å². The Morgan fingerprint density at radius 2 is 1.86 bits per heavy atom. The summed E-state index contributed by atoms with van der Waals surface area (Å²) in [6.07, 6.45) is -1.23. The van der Waals surface area contributed by atoms with Gasteiger partial charge in [0, 0.05) is 55.3 Å². The molecular formula is C26H29F3N6O. The normalized spacial score (nSPS) is 11.5. The van der Waals surface area contributed by atoms with E-state index < -0.39 is 11.7 Å². The molecule has 0 spiro atoms. The van der Waals surface area contributed by atoms with Crippen molar-refractivity contribution in [1.82, 2.24) is 9.88 Å². The van der Waals surface area contributed by atoms with Crippen LogP contribution in [-0.4, -0.2) is 42.1 Å². The van der Waals surface area contributed by atoms with Gasteiger partial charge in [-0.1, -0.05) is 30.3 Å². The summed E-state index contributed by atoms with van der Waals surface area (Å²) >= 11 is 0. The number of nitrogen functional groups attached to an aromatic ring is 1. The Hall–Kier alpha value is -3.76. The average Bonchev–Trinajstić information content (AvgIpc) is 2.84. The molecule has 10 heteroatoms. The standard InChI is InChI=1S/C26H29F3N6O/c1-35(11-10-30)16-19-7-8-22(13-23(19)26(27,28)29)34-24(36)9-4-17-2-5-18(6-3-17)21-12-20(14-31)25(32)33-15-21/h2-3,5-8,12-15,31H,4,9-11,16,30H2,1H3,(H2,32,33)(H,34,36). The predicted molar refractivity (Wildman–Crippen MR) is 136 cm³/mol. The van der Waals surface area contributed by atoms with Crippen LogP contribution in [0.25, 0.3) is 11.1 Å². The highest BCUT2D eigenvalue weighted by molar-refractivity contribution is 5.91. The van der Waals surface area contributed by atoms with Crippen molar-refractivity contribution in [2.75, 3.05) is 31.2 Å². The number of carbonyl (C=O) groups is 1.